The van der Waals surface area contributed by atoms with E-state index in [2.05, 4.69) is 5.32 Å². The summed E-state index contributed by atoms with van der Waals surface area (Å²) in [6.07, 6.45) is 1.32. The molecule has 0 aliphatic carbocycles. The zero-order chi connectivity index (χ0) is 19.7. The number of imide groups is 1. The molecule has 0 unspecified atom stereocenters. The van der Waals surface area contributed by atoms with E-state index in [4.69, 9.17) is 9.68 Å². The van der Waals surface area contributed by atoms with E-state index in [-0.39, 0.29) is 39.5 Å². The number of rotatable bonds is 3. The Bertz CT molecular complexity index is 1100. The molecule has 0 radical (unpaired) electrons. The Hall–Kier alpha value is -4.19. The van der Waals surface area contributed by atoms with Crippen LogP contribution in [0, 0.1) is 21.4 Å². The van der Waals surface area contributed by atoms with Crippen molar-refractivity contribution in [2.24, 2.45) is 0 Å². The van der Waals surface area contributed by atoms with Gasteiger partial charge in [-0.15, -0.1) is 0 Å². The molecule has 1 aliphatic heterocycles. The molecule has 0 fully saturated rings. The van der Waals surface area contributed by atoms with Gasteiger partial charge in [0.2, 0.25) is 0 Å². The van der Waals surface area contributed by atoms with E-state index in [0.717, 1.165) is 18.2 Å². The maximum Gasteiger partial charge on any atom is 0.270 e. The minimum Gasteiger partial charge on any atom is -0.872 e. The van der Waals surface area contributed by atoms with Crippen molar-refractivity contribution in [2.75, 3.05) is 0 Å². The minimum atomic E-state index is -0.773. The van der Waals surface area contributed by atoms with Crippen LogP contribution in [0.5, 0.6) is 5.75 Å². The molecule has 2 aromatic rings. The summed E-state index contributed by atoms with van der Waals surface area (Å²) in [5.74, 6) is -1.66. The first-order chi connectivity index (χ1) is 12.8. The molecular weight excluding hydrogens is 354 g/mol. The van der Waals surface area contributed by atoms with Crippen molar-refractivity contribution < 1.29 is 24.0 Å². The van der Waals surface area contributed by atoms with Crippen LogP contribution < -0.4 is 10.4 Å². The van der Waals surface area contributed by atoms with Crippen molar-refractivity contribution in [1.82, 2.24) is 5.32 Å². The first-order valence-corrected chi connectivity index (χ1v) is 7.56. The summed E-state index contributed by atoms with van der Waals surface area (Å²) in [6.45, 7) is 1.46. The molecule has 0 spiro atoms. The van der Waals surface area contributed by atoms with Gasteiger partial charge in [0.05, 0.1) is 4.92 Å². The van der Waals surface area contributed by atoms with Crippen molar-refractivity contribution in [3.63, 3.8) is 0 Å². The van der Waals surface area contributed by atoms with Gasteiger partial charge in [-0.05, 0) is 30.7 Å². The van der Waals surface area contributed by atoms with E-state index >= 15 is 0 Å². The predicted molar refractivity (Wildman–Crippen MR) is 89.7 cm³/mol. The van der Waals surface area contributed by atoms with Gasteiger partial charge >= 0.3 is 0 Å². The minimum absolute atomic E-state index is 0.00195. The number of amides is 2. The summed E-state index contributed by atoms with van der Waals surface area (Å²) in [5, 5.41) is 33.9. The molecule has 1 aliphatic rings. The van der Waals surface area contributed by atoms with Gasteiger partial charge in [-0.3, -0.25) is 25.0 Å². The molecule has 27 heavy (non-hydrogen) atoms. The number of nitriles is 1. The van der Waals surface area contributed by atoms with Crippen LogP contribution in [-0.4, -0.2) is 16.7 Å². The van der Waals surface area contributed by atoms with E-state index in [1.54, 1.807) is 6.07 Å². The fraction of sp³-hybridized carbons (Fsp3) is 0.0556. The molecule has 1 N–H and O–H groups in total. The number of furan rings is 1. The van der Waals surface area contributed by atoms with Crippen molar-refractivity contribution in [1.29, 1.82) is 5.26 Å². The van der Waals surface area contributed by atoms with Crippen LogP contribution in [0.4, 0.5) is 5.69 Å². The highest BCUT2D eigenvalue weighted by Crippen LogP contribution is 2.33. The smallest absolute Gasteiger partial charge is 0.270 e. The molecule has 9 heteroatoms. The molecule has 0 saturated carbocycles. The van der Waals surface area contributed by atoms with Gasteiger partial charge in [-0.2, -0.15) is 5.26 Å². The number of nitrogens with one attached hydrogen (secondary N) is 1. The molecule has 3 rings (SSSR count). The van der Waals surface area contributed by atoms with Gasteiger partial charge in [-0.25, -0.2) is 0 Å². The number of non-ortho nitro benzene ring substituents is 1. The maximum absolute atomic E-state index is 12.0. The van der Waals surface area contributed by atoms with Gasteiger partial charge in [0.25, 0.3) is 17.5 Å². The maximum atomic E-state index is 12.0. The topological polar surface area (TPSA) is 149 Å². The van der Waals surface area contributed by atoms with Crippen LogP contribution in [0.3, 0.4) is 0 Å². The normalized spacial score (nSPS) is 15.6. The number of nitro benzene ring substituents is 1. The third kappa shape index (κ3) is 3.19. The van der Waals surface area contributed by atoms with E-state index in [1.165, 1.54) is 25.1 Å². The second-order valence-electron chi connectivity index (χ2n) is 5.59. The van der Waals surface area contributed by atoms with Crippen molar-refractivity contribution in [3.8, 4) is 23.1 Å². The van der Waals surface area contributed by atoms with Crippen LogP contribution in [-0.2, 0) is 9.59 Å². The van der Waals surface area contributed by atoms with E-state index in [1.807, 2.05) is 0 Å². The van der Waals surface area contributed by atoms with Crippen LogP contribution in [0.25, 0.3) is 17.4 Å². The van der Waals surface area contributed by atoms with E-state index < -0.39 is 22.5 Å². The Labute approximate surface area is 152 Å². The lowest BCUT2D eigenvalue weighted by Crippen LogP contribution is -2.37. The second kappa shape index (κ2) is 6.61. The Morgan fingerprint density at radius 3 is 2.63 bits per heavy atom. The summed E-state index contributed by atoms with van der Waals surface area (Å²) in [6, 6.07) is 7.90. The Morgan fingerprint density at radius 1 is 1.22 bits per heavy atom. The molecule has 0 saturated heterocycles. The molecule has 1 aromatic heterocycles. The zero-order valence-corrected chi connectivity index (χ0v) is 13.8. The number of benzene rings is 1. The van der Waals surface area contributed by atoms with Crippen LogP contribution in [0.15, 0.2) is 51.5 Å². The average molecular weight is 364 g/mol. The summed E-state index contributed by atoms with van der Waals surface area (Å²) in [7, 11) is 0. The molecule has 2 heterocycles. The lowest BCUT2D eigenvalue weighted by molar-refractivity contribution is -0.385. The second-order valence-corrected chi connectivity index (χ2v) is 5.59. The van der Waals surface area contributed by atoms with Crippen molar-refractivity contribution in [3.05, 3.63) is 62.9 Å². The summed E-state index contributed by atoms with van der Waals surface area (Å²) in [4.78, 5) is 33.9. The van der Waals surface area contributed by atoms with Crippen molar-refractivity contribution in [2.45, 2.75) is 6.92 Å². The van der Waals surface area contributed by atoms with Crippen LogP contribution in [0.1, 0.15) is 12.7 Å². The largest absolute Gasteiger partial charge is 0.872 e. The standard InChI is InChI=1S/C18H11N3O6/c1-9-12(17(23)20-18(24)14(9)8-19)7-11-3-5-16(27-11)13-6-10(21(25)26)2-4-15(13)22/h2-7,22H,1H3,(H,20,23,24)/p-1. The first-order valence-electron chi connectivity index (χ1n) is 7.56. The fourth-order valence-corrected chi connectivity index (χ4v) is 2.56. The molecule has 1 aromatic carbocycles. The van der Waals surface area contributed by atoms with Gasteiger partial charge in [0.15, 0.2) is 0 Å². The highest BCUT2D eigenvalue weighted by Gasteiger charge is 2.27. The fourth-order valence-electron chi connectivity index (χ4n) is 2.56. The van der Waals surface area contributed by atoms with Gasteiger partial charge < -0.3 is 9.52 Å². The monoisotopic (exact) mass is 364 g/mol. The number of nitro groups is 1. The number of hydrogen-bond acceptors (Lipinski definition) is 7. The van der Waals surface area contributed by atoms with Gasteiger partial charge in [-0.1, -0.05) is 11.8 Å². The van der Waals surface area contributed by atoms with Crippen LogP contribution in [0.2, 0.25) is 0 Å². The molecule has 0 bridgehead atoms. The SMILES string of the molecule is CC1=C(C#N)C(=O)NC(=O)C1=Cc1ccc(-c2cc([N+](=O)[O-])ccc2[O-])o1. The third-order valence-electron chi connectivity index (χ3n) is 3.94. The highest BCUT2D eigenvalue weighted by molar-refractivity contribution is 6.19. The van der Waals surface area contributed by atoms with Gasteiger partial charge in [0.1, 0.15) is 23.2 Å². The Kier molecular flexibility index (Phi) is 4.31. The third-order valence-corrected chi connectivity index (χ3v) is 3.94. The lowest BCUT2D eigenvalue weighted by Gasteiger charge is -2.15. The first kappa shape index (κ1) is 17.6. The predicted octanol–water partition coefficient (Wildman–Crippen LogP) is 1.81. The van der Waals surface area contributed by atoms with Gasteiger partial charge in [0, 0.05) is 23.3 Å². The zero-order valence-electron chi connectivity index (χ0n) is 13.8. The molecule has 2 amide bonds. The van der Waals surface area contributed by atoms with E-state index in [0.29, 0.717) is 0 Å². The molecule has 9 nitrogen and oxygen atoms in total. The number of nitrogens with zero attached hydrogens (tertiary/aromatic N) is 2. The number of carbonyl (C=O) groups is 2. The molecule has 134 valence electrons. The number of carbonyl (C=O) groups excluding carboxylic acids is 2. The average Bonchev–Trinajstić information content (AvgIpc) is 3.07. The highest BCUT2D eigenvalue weighted by atomic mass is 16.6. The Morgan fingerprint density at radius 2 is 1.96 bits per heavy atom. The van der Waals surface area contributed by atoms with Crippen molar-refractivity contribution >= 4 is 23.6 Å². The number of hydrogen-bond donors (Lipinski definition) is 1. The Balaban J connectivity index is 2.04. The van der Waals surface area contributed by atoms with E-state index in [9.17, 15) is 24.8 Å². The van der Waals surface area contributed by atoms with Crippen LogP contribution >= 0.6 is 0 Å². The summed E-state index contributed by atoms with van der Waals surface area (Å²) < 4.78 is 5.51. The summed E-state index contributed by atoms with van der Waals surface area (Å²) in [5.41, 5.74) is -0.184. The quantitative estimate of drug-likeness (QED) is 0.377. The molecule has 0 atom stereocenters. The molecular formula is C18H10N3O6-. The lowest BCUT2D eigenvalue weighted by atomic mass is 9.96. The summed E-state index contributed by atoms with van der Waals surface area (Å²) >= 11 is 0.